The van der Waals surface area contributed by atoms with Gasteiger partial charge in [-0.05, 0) is 48.6 Å². The topological polar surface area (TPSA) is 69.6 Å². The van der Waals surface area contributed by atoms with E-state index < -0.39 is 5.97 Å². The monoisotopic (exact) mass is 428 g/mol. The van der Waals surface area contributed by atoms with Crippen molar-refractivity contribution in [2.24, 2.45) is 0 Å². The van der Waals surface area contributed by atoms with E-state index in [2.05, 4.69) is 28.4 Å². The number of benzene rings is 3. The fraction of sp³-hybridized carbons (Fsp3) is 0.259. The van der Waals surface area contributed by atoms with Gasteiger partial charge in [-0.15, -0.1) is 0 Å². The van der Waals surface area contributed by atoms with Gasteiger partial charge in [-0.25, -0.2) is 4.79 Å². The smallest absolute Gasteiger partial charge is 0.335 e. The third kappa shape index (κ3) is 5.17. The molecule has 1 aliphatic heterocycles. The molecule has 0 unspecified atom stereocenters. The lowest BCUT2D eigenvalue weighted by Gasteiger charge is -2.33. The second-order valence-corrected chi connectivity index (χ2v) is 8.20. The second-order valence-electron chi connectivity index (χ2n) is 8.20. The van der Waals surface area contributed by atoms with Crippen molar-refractivity contribution in [2.75, 3.05) is 18.0 Å². The molecule has 4 rings (SSSR count). The number of nitrogens with one attached hydrogen (secondary N) is 1. The number of hydrogen-bond donors (Lipinski definition) is 2. The molecule has 3 aromatic rings. The molecule has 0 aliphatic carbocycles. The number of rotatable bonds is 7. The number of nitrogens with zero attached hydrogens (tertiary/aromatic N) is 1. The summed E-state index contributed by atoms with van der Waals surface area (Å²) in [6.07, 6.45) is 3.82. The van der Waals surface area contributed by atoms with Crippen molar-refractivity contribution in [2.45, 2.75) is 31.7 Å². The van der Waals surface area contributed by atoms with Crippen molar-refractivity contribution in [3.63, 3.8) is 0 Å². The van der Waals surface area contributed by atoms with Gasteiger partial charge in [-0.3, -0.25) is 4.79 Å². The quantitative estimate of drug-likeness (QED) is 0.566. The highest BCUT2D eigenvalue weighted by atomic mass is 16.4. The van der Waals surface area contributed by atoms with Gasteiger partial charge in [-0.1, -0.05) is 60.7 Å². The summed E-state index contributed by atoms with van der Waals surface area (Å²) in [6, 6.07) is 24.6. The van der Waals surface area contributed by atoms with Crippen LogP contribution in [0.1, 0.15) is 52.4 Å². The van der Waals surface area contributed by atoms with Gasteiger partial charge >= 0.3 is 5.97 Å². The zero-order chi connectivity index (χ0) is 22.3. The second kappa shape index (κ2) is 10.1. The molecule has 1 amide bonds. The predicted molar refractivity (Wildman–Crippen MR) is 126 cm³/mol. The Bertz CT molecular complexity index is 1060. The van der Waals surface area contributed by atoms with E-state index in [9.17, 15) is 9.59 Å². The van der Waals surface area contributed by atoms with Crippen molar-refractivity contribution in [3.05, 3.63) is 101 Å². The first-order valence-corrected chi connectivity index (χ1v) is 11.1. The highest BCUT2D eigenvalue weighted by molar-refractivity contribution is 5.88. The highest BCUT2D eigenvalue weighted by Crippen LogP contribution is 2.32. The molecule has 2 N–H and O–H groups in total. The first-order valence-electron chi connectivity index (χ1n) is 11.1. The minimum Gasteiger partial charge on any atom is -0.478 e. The summed E-state index contributed by atoms with van der Waals surface area (Å²) in [5, 5.41) is 12.3. The van der Waals surface area contributed by atoms with Crippen LogP contribution in [0.5, 0.6) is 0 Å². The molecular formula is C27H28N2O3. The van der Waals surface area contributed by atoms with E-state index in [1.165, 1.54) is 37.1 Å². The molecule has 164 valence electrons. The Balaban J connectivity index is 1.60. The van der Waals surface area contributed by atoms with E-state index in [0.717, 1.165) is 29.8 Å². The molecule has 1 aliphatic rings. The number of amides is 1. The Labute approximate surface area is 188 Å². The molecule has 0 aromatic heterocycles. The van der Waals surface area contributed by atoms with Gasteiger partial charge < -0.3 is 15.3 Å². The lowest BCUT2D eigenvalue weighted by molar-refractivity contribution is -0.120. The molecule has 3 aromatic carbocycles. The molecule has 5 heteroatoms. The number of carbonyl (C=O) groups is 2. The maximum atomic E-state index is 13.0. The first-order chi connectivity index (χ1) is 15.6. The molecule has 0 spiro atoms. The normalized spacial score (nSPS) is 14.6. The largest absolute Gasteiger partial charge is 0.478 e. The van der Waals surface area contributed by atoms with Crippen LogP contribution in [0, 0.1) is 0 Å². The maximum Gasteiger partial charge on any atom is 0.335 e. The molecule has 5 nitrogen and oxygen atoms in total. The third-order valence-corrected chi connectivity index (χ3v) is 5.95. The average molecular weight is 429 g/mol. The zero-order valence-corrected chi connectivity index (χ0v) is 18.0. The van der Waals surface area contributed by atoms with E-state index in [1.54, 1.807) is 12.1 Å². The van der Waals surface area contributed by atoms with Crippen molar-refractivity contribution in [1.29, 1.82) is 0 Å². The molecule has 32 heavy (non-hydrogen) atoms. The summed E-state index contributed by atoms with van der Waals surface area (Å²) >= 11 is 0. The van der Waals surface area contributed by atoms with Gasteiger partial charge in [0.05, 0.1) is 18.0 Å². The van der Waals surface area contributed by atoms with Crippen molar-refractivity contribution in [1.82, 2.24) is 5.32 Å². The Morgan fingerprint density at radius 3 is 2.19 bits per heavy atom. The van der Waals surface area contributed by atoms with Gasteiger partial charge in [0, 0.05) is 24.3 Å². The van der Waals surface area contributed by atoms with Crippen LogP contribution in [0.25, 0.3) is 0 Å². The number of carboxylic acid groups (broad SMARTS) is 1. The molecule has 0 saturated carbocycles. The van der Waals surface area contributed by atoms with Gasteiger partial charge in [0.2, 0.25) is 5.91 Å². The Morgan fingerprint density at radius 2 is 1.50 bits per heavy atom. The highest BCUT2D eigenvalue weighted by Gasteiger charge is 2.23. The number of aromatic carboxylic acids is 1. The minimum atomic E-state index is -0.973. The predicted octanol–water partition coefficient (Wildman–Crippen LogP) is 4.82. The number of hydrogen-bond acceptors (Lipinski definition) is 3. The van der Waals surface area contributed by atoms with Gasteiger partial charge in [-0.2, -0.15) is 0 Å². The fourth-order valence-corrected chi connectivity index (χ4v) is 4.30. The first kappa shape index (κ1) is 21.6. The summed E-state index contributed by atoms with van der Waals surface area (Å²) in [6.45, 7) is 2.06. The Kier molecular flexibility index (Phi) is 6.85. The molecule has 1 saturated heterocycles. The Hall–Kier alpha value is -3.60. The van der Waals surface area contributed by atoms with Crippen LogP contribution in [0.15, 0.2) is 78.9 Å². The number of carboxylic acids is 1. The van der Waals surface area contributed by atoms with Crippen molar-refractivity contribution in [3.8, 4) is 0 Å². The van der Waals surface area contributed by atoms with Gasteiger partial charge in [0.1, 0.15) is 0 Å². The van der Waals surface area contributed by atoms with Gasteiger partial charge in [0.15, 0.2) is 0 Å². The lowest BCUT2D eigenvalue weighted by atomic mass is 9.95. The standard InChI is InChI=1S/C27H28N2O3/c30-25(19-20-13-15-22(16-14-20)27(31)32)28-26(21-9-3-1-4-10-21)23-11-5-6-12-24(23)29-17-7-2-8-18-29/h1,3-6,9-16,26H,2,7-8,17-19H2,(H,28,30)(H,31,32)/t26-/m0/s1. The Morgan fingerprint density at radius 1 is 0.844 bits per heavy atom. The van der Waals surface area contributed by atoms with Crippen LogP contribution >= 0.6 is 0 Å². The van der Waals surface area contributed by atoms with E-state index in [1.807, 2.05) is 36.4 Å². The number of carbonyl (C=O) groups excluding carboxylic acids is 1. The minimum absolute atomic E-state index is 0.102. The number of piperidine rings is 1. The number of para-hydroxylation sites is 1. The van der Waals surface area contributed by atoms with E-state index in [4.69, 9.17) is 5.11 Å². The summed E-state index contributed by atoms with van der Waals surface area (Å²) in [7, 11) is 0. The summed E-state index contributed by atoms with van der Waals surface area (Å²) in [5.41, 5.74) is 4.30. The molecule has 0 radical (unpaired) electrons. The summed E-state index contributed by atoms with van der Waals surface area (Å²) in [4.78, 5) is 26.5. The van der Waals surface area contributed by atoms with E-state index in [0.29, 0.717) is 0 Å². The third-order valence-electron chi connectivity index (χ3n) is 5.95. The van der Waals surface area contributed by atoms with Crippen molar-refractivity contribution >= 4 is 17.6 Å². The summed E-state index contributed by atoms with van der Waals surface area (Å²) < 4.78 is 0. The number of anilines is 1. The van der Waals surface area contributed by atoms with Crippen molar-refractivity contribution < 1.29 is 14.7 Å². The van der Waals surface area contributed by atoms with Crippen LogP contribution in [-0.4, -0.2) is 30.1 Å². The van der Waals surface area contributed by atoms with Gasteiger partial charge in [0.25, 0.3) is 0 Å². The molecule has 1 fully saturated rings. The molecular weight excluding hydrogens is 400 g/mol. The molecule has 1 heterocycles. The van der Waals surface area contributed by atoms with Crippen LogP contribution in [0.2, 0.25) is 0 Å². The average Bonchev–Trinajstić information content (AvgIpc) is 2.84. The molecule has 0 bridgehead atoms. The summed E-state index contributed by atoms with van der Waals surface area (Å²) in [5.74, 6) is -1.07. The van der Waals surface area contributed by atoms with E-state index >= 15 is 0 Å². The SMILES string of the molecule is O=C(Cc1ccc(C(=O)O)cc1)N[C@@H](c1ccccc1)c1ccccc1N1CCCCC1. The van der Waals surface area contributed by atoms with Crippen LogP contribution in [0.4, 0.5) is 5.69 Å². The van der Waals surface area contributed by atoms with Crippen LogP contribution in [-0.2, 0) is 11.2 Å². The van der Waals surface area contributed by atoms with E-state index in [-0.39, 0.29) is 23.9 Å². The van der Waals surface area contributed by atoms with Crippen LogP contribution < -0.4 is 10.2 Å². The van der Waals surface area contributed by atoms with Crippen LogP contribution in [0.3, 0.4) is 0 Å². The lowest BCUT2D eigenvalue weighted by Crippen LogP contribution is -2.34. The fourth-order valence-electron chi connectivity index (χ4n) is 4.30. The maximum absolute atomic E-state index is 13.0. The molecule has 1 atom stereocenters. The zero-order valence-electron chi connectivity index (χ0n) is 18.0.